The number of rotatable bonds is 10. The molecule has 0 saturated heterocycles. The Kier molecular flexibility index (Phi) is 7.96. The molecule has 0 radical (unpaired) electrons. The van der Waals surface area contributed by atoms with E-state index in [4.69, 9.17) is 9.47 Å². The Morgan fingerprint density at radius 3 is 2.32 bits per heavy atom. The second-order valence-electron chi connectivity index (χ2n) is 7.03. The van der Waals surface area contributed by atoms with Gasteiger partial charge < -0.3 is 19.9 Å². The Labute approximate surface area is 195 Å². The van der Waals surface area contributed by atoms with E-state index in [1.807, 2.05) is 0 Å². The van der Waals surface area contributed by atoms with E-state index in [2.05, 4.69) is 5.32 Å². The molecule has 0 atom stereocenters. The molecule has 0 saturated carbocycles. The number of carboxylic acids is 1. The zero-order valence-electron chi connectivity index (χ0n) is 18.3. The number of carbonyl (C=O) groups excluding carboxylic acids is 1. The first-order chi connectivity index (χ1) is 16.4. The molecule has 9 nitrogen and oxygen atoms in total. The van der Waals surface area contributed by atoms with E-state index >= 15 is 0 Å². The highest BCUT2D eigenvalue weighted by Crippen LogP contribution is 2.30. The van der Waals surface area contributed by atoms with Gasteiger partial charge in [0.05, 0.1) is 11.5 Å². The van der Waals surface area contributed by atoms with E-state index in [1.54, 1.807) is 67.6 Å². The van der Waals surface area contributed by atoms with Gasteiger partial charge in [-0.25, -0.2) is 4.79 Å². The second-order valence-corrected chi connectivity index (χ2v) is 7.03. The van der Waals surface area contributed by atoms with Crippen LogP contribution < -0.4 is 14.8 Å². The van der Waals surface area contributed by atoms with Gasteiger partial charge in [0.15, 0.2) is 11.5 Å². The number of amides is 1. The van der Waals surface area contributed by atoms with Crippen molar-refractivity contribution in [1.82, 2.24) is 5.32 Å². The lowest BCUT2D eigenvalue weighted by molar-refractivity contribution is -0.384. The molecule has 3 rings (SSSR count). The number of carbonyl (C=O) groups is 2. The van der Waals surface area contributed by atoms with Crippen molar-refractivity contribution in [3.63, 3.8) is 0 Å². The molecule has 0 aliphatic heterocycles. The topological polar surface area (TPSA) is 128 Å². The molecule has 3 aromatic rings. The van der Waals surface area contributed by atoms with Gasteiger partial charge in [0, 0.05) is 17.7 Å². The molecule has 0 spiro atoms. The first kappa shape index (κ1) is 24.0. The maximum atomic E-state index is 12.4. The summed E-state index contributed by atoms with van der Waals surface area (Å²) in [4.78, 5) is 34.4. The number of hydrogen-bond donors (Lipinski definition) is 2. The molecule has 0 heterocycles. The number of nitro groups is 1. The number of benzene rings is 3. The van der Waals surface area contributed by atoms with Crippen LogP contribution in [0.15, 0.2) is 78.5 Å². The van der Waals surface area contributed by atoms with Gasteiger partial charge in [-0.1, -0.05) is 24.3 Å². The standard InChI is InChI=1S/C25H22N2O7/c1-2-33-23-15-18(14-21(25(29)30)26-24(28)19-6-4-3-5-7-19)10-13-22(23)34-16-17-8-11-20(12-9-17)27(31)32/h3-15H,2,16H2,1H3,(H,26,28)(H,29,30). The number of nitrogens with zero attached hydrogens (tertiary/aromatic N) is 1. The Balaban J connectivity index is 1.78. The molecule has 9 heteroatoms. The Hall–Kier alpha value is -4.66. The minimum Gasteiger partial charge on any atom is -0.490 e. The SMILES string of the molecule is CCOc1cc(C=C(NC(=O)c2ccccc2)C(=O)O)ccc1OCc1ccc([N+](=O)[O-])cc1. The van der Waals surface area contributed by atoms with E-state index in [0.29, 0.717) is 29.2 Å². The second kappa shape index (κ2) is 11.3. The Morgan fingerprint density at radius 1 is 1.00 bits per heavy atom. The number of aliphatic carboxylic acids is 1. The molecule has 0 aliphatic carbocycles. The molecule has 174 valence electrons. The third-order valence-corrected chi connectivity index (χ3v) is 4.63. The highest BCUT2D eigenvalue weighted by atomic mass is 16.6. The molecule has 3 aromatic carbocycles. The molecule has 0 aliphatic rings. The quantitative estimate of drug-likeness (QED) is 0.259. The molecule has 0 fully saturated rings. The highest BCUT2D eigenvalue weighted by molar-refractivity contribution is 6.02. The van der Waals surface area contributed by atoms with Crippen LogP contribution in [0, 0.1) is 10.1 Å². The summed E-state index contributed by atoms with van der Waals surface area (Å²) in [5.74, 6) is -1.03. The van der Waals surface area contributed by atoms with Crippen molar-refractivity contribution in [2.75, 3.05) is 6.61 Å². The maximum absolute atomic E-state index is 12.4. The Morgan fingerprint density at radius 2 is 1.71 bits per heavy atom. The van der Waals surface area contributed by atoms with Crippen LogP contribution in [0.2, 0.25) is 0 Å². The molecular formula is C25H22N2O7. The summed E-state index contributed by atoms with van der Waals surface area (Å²) in [5.41, 5.74) is 1.24. The van der Waals surface area contributed by atoms with Crippen LogP contribution in [0.5, 0.6) is 11.5 Å². The van der Waals surface area contributed by atoms with Crippen LogP contribution in [0.25, 0.3) is 6.08 Å². The summed E-state index contributed by atoms with van der Waals surface area (Å²) < 4.78 is 11.4. The van der Waals surface area contributed by atoms with Gasteiger partial charge in [0.2, 0.25) is 0 Å². The normalized spacial score (nSPS) is 10.9. The third-order valence-electron chi connectivity index (χ3n) is 4.63. The molecule has 0 aromatic heterocycles. The van der Waals surface area contributed by atoms with Gasteiger partial charge in [-0.2, -0.15) is 0 Å². The molecule has 34 heavy (non-hydrogen) atoms. The fourth-order valence-corrected chi connectivity index (χ4v) is 2.98. The lowest BCUT2D eigenvalue weighted by Gasteiger charge is -2.13. The van der Waals surface area contributed by atoms with Gasteiger partial charge >= 0.3 is 5.97 Å². The minimum absolute atomic E-state index is 0.0107. The Bertz CT molecular complexity index is 1210. The summed E-state index contributed by atoms with van der Waals surface area (Å²) in [6.45, 7) is 2.30. The minimum atomic E-state index is -1.29. The molecule has 1 amide bonds. The van der Waals surface area contributed by atoms with Gasteiger partial charge in [-0.3, -0.25) is 14.9 Å². The van der Waals surface area contributed by atoms with Crippen LogP contribution in [0.3, 0.4) is 0 Å². The van der Waals surface area contributed by atoms with Crippen molar-refractivity contribution in [2.24, 2.45) is 0 Å². The van der Waals surface area contributed by atoms with Gasteiger partial charge in [0.25, 0.3) is 11.6 Å². The first-order valence-corrected chi connectivity index (χ1v) is 10.3. The van der Waals surface area contributed by atoms with Crippen molar-refractivity contribution in [1.29, 1.82) is 0 Å². The van der Waals surface area contributed by atoms with Crippen molar-refractivity contribution < 1.29 is 29.1 Å². The number of nitro benzene ring substituents is 1. The third kappa shape index (κ3) is 6.42. The smallest absolute Gasteiger partial charge is 0.352 e. The maximum Gasteiger partial charge on any atom is 0.352 e. The van der Waals surface area contributed by atoms with Crippen LogP contribution in [0.1, 0.15) is 28.4 Å². The lowest BCUT2D eigenvalue weighted by Crippen LogP contribution is -2.27. The van der Waals surface area contributed by atoms with Crippen molar-refractivity contribution >= 4 is 23.6 Å². The summed E-state index contributed by atoms with van der Waals surface area (Å²) in [7, 11) is 0. The predicted octanol–water partition coefficient (Wildman–Crippen LogP) is 4.43. The summed E-state index contributed by atoms with van der Waals surface area (Å²) >= 11 is 0. The largest absolute Gasteiger partial charge is 0.490 e. The fourth-order valence-electron chi connectivity index (χ4n) is 2.98. The van der Waals surface area contributed by atoms with E-state index in [1.165, 1.54) is 18.2 Å². The molecule has 0 bridgehead atoms. The summed E-state index contributed by atoms with van der Waals surface area (Å²) in [6.07, 6.45) is 1.33. The van der Waals surface area contributed by atoms with Gasteiger partial charge in [-0.15, -0.1) is 0 Å². The van der Waals surface area contributed by atoms with Gasteiger partial charge in [0.1, 0.15) is 12.3 Å². The molecule has 0 unspecified atom stereocenters. The van der Waals surface area contributed by atoms with Crippen LogP contribution in [0.4, 0.5) is 5.69 Å². The fraction of sp³-hybridized carbons (Fsp3) is 0.120. The average molecular weight is 462 g/mol. The van der Waals surface area contributed by atoms with Gasteiger partial charge in [-0.05, 0) is 60.5 Å². The average Bonchev–Trinajstić information content (AvgIpc) is 2.84. The van der Waals surface area contributed by atoms with Crippen molar-refractivity contribution in [3.05, 3.63) is 105 Å². The summed E-state index contributed by atoms with van der Waals surface area (Å²) in [6, 6.07) is 19.1. The van der Waals surface area contributed by atoms with Crippen molar-refractivity contribution in [2.45, 2.75) is 13.5 Å². The first-order valence-electron chi connectivity index (χ1n) is 10.3. The van der Waals surface area contributed by atoms with E-state index in [9.17, 15) is 24.8 Å². The number of carboxylic acid groups (broad SMARTS) is 1. The zero-order valence-corrected chi connectivity index (χ0v) is 18.3. The number of hydrogen-bond acceptors (Lipinski definition) is 6. The van der Waals surface area contributed by atoms with Crippen LogP contribution in [-0.4, -0.2) is 28.5 Å². The van der Waals surface area contributed by atoms with E-state index in [0.717, 1.165) is 5.56 Å². The summed E-state index contributed by atoms with van der Waals surface area (Å²) in [5, 5.41) is 22.7. The zero-order chi connectivity index (χ0) is 24.5. The van der Waals surface area contributed by atoms with Crippen LogP contribution in [-0.2, 0) is 11.4 Å². The number of non-ortho nitro benzene ring substituents is 1. The predicted molar refractivity (Wildman–Crippen MR) is 125 cm³/mol. The molecular weight excluding hydrogens is 440 g/mol. The monoisotopic (exact) mass is 462 g/mol. The van der Waals surface area contributed by atoms with Crippen molar-refractivity contribution in [3.8, 4) is 11.5 Å². The van der Waals surface area contributed by atoms with E-state index in [-0.39, 0.29) is 18.0 Å². The number of nitrogens with one attached hydrogen (secondary N) is 1. The van der Waals surface area contributed by atoms with Crippen LogP contribution >= 0.6 is 0 Å². The lowest BCUT2D eigenvalue weighted by atomic mass is 10.1. The van der Waals surface area contributed by atoms with E-state index < -0.39 is 16.8 Å². The number of ether oxygens (including phenoxy) is 2. The molecule has 2 N–H and O–H groups in total. The highest BCUT2D eigenvalue weighted by Gasteiger charge is 2.14.